The van der Waals surface area contributed by atoms with E-state index >= 15 is 0 Å². The van der Waals surface area contributed by atoms with Gasteiger partial charge in [-0.3, -0.25) is 14.7 Å². The van der Waals surface area contributed by atoms with E-state index in [9.17, 15) is 9.90 Å². The summed E-state index contributed by atoms with van der Waals surface area (Å²) in [5, 5.41) is 10.5. The standard InChI is InChI=1S/C37H39N3O4/c1-26-8-5-10-28(20-26)24-43-35-14-4-3-12-30(35)22-40(19-17-33(38)37(41)42)23-32-31-13-7-18-39-34(31)15-16-36(32)44-25-29-11-6-9-27(2)21-29/h3-16,18,20-21,33H,17,19,22-25,38H2,1-2H3,(H,41,42)/t33-/m0/s1. The molecule has 1 heterocycles. The van der Waals surface area contributed by atoms with Gasteiger partial charge in [0.25, 0.3) is 0 Å². The van der Waals surface area contributed by atoms with E-state index in [2.05, 4.69) is 72.3 Å². The number of benzene rings is 4. The molecule has 0 amide bonds. The zero-order chi connectivity index (χ0) is 30.9. The summed E-state index contributed by atoms with van der Waals surface area (Å²) in [6, 6.07) is 31.5. The van der Waals surface area contributed by atoms with Gasteiger partial charge in [0.1, 0.15) is 30.8 Å². The number of rotatable bonds is 14. The van der Waals surface area contributed by atoms with Crippen molar-refractivity contribution in [2.45, 2.75) is 52.6 Å². The van der Waals surface area contributed by atoms with E-state index in [0.29, 0.717) is 39.3 Å². The number of hydrogen-bond donors (Lipinski definition) is 2. The second-order valence-electron chi connectivity index (χ2n) is 11.2. The van der Waals surface area contributed by atoms with Crippen molar-refractivity contribution in [3.05, 3.63) is 137 Å². The molecular formula is C37H39N3O4. The van der Waals surface area contributed by atoms with Crippen LogP contribution in [0.5, 0.6) is 11.5 Å². The maximum Gasteiger partial charge on any atom is 0.320 e. The fourth-order valence-electron chi connectivity index (χ4n) is 5.32. The molecule has 0 saturated heterocycles. The molecule has 3 N–H and O–H groups in total. The molecule has 0 radical (unpaired) electrons. The zero-order valence-electron chi connectivity index (χ0n) is 25.3. The van der Waals surface area contributed by atoms with E-state index in [0.717, 1.165) is 44.7 Å². The van der Waals surface area contributed by atoms with Gasteiger partial charge in [0, 0.05) is 42.3 Å². The first-order valence-electron chi connectivity index (χ1n) is 14.9. The highest BCUT2D eigenvalue weighted by Gasteiger charge is 2.19. The summed E-state index contributed by atoms with van der Waals surface area (Å²) in [6.45, 7) is 6.52. The summed E-state index contributed by atoms with van der Waals surface area (Å²) in [5.41, 5.74) is 13.4. The van der Waals surface area contributed by atoms with Gasteiger partial charge in [0.2, 0.25) is 0 Å². The minimum absolute atomic E-state index is 0.296. The highest BCUT2D eigenvalue weighted by atomic mass is 16.5. The molecule has 7 nitrogen and oxygen atoms in total. The number of carbonyl (C=O) groups is 1. The number of nitrogens with two attached hydrogens (primary N) is 1. The summed E-state index contributed by atoms with van der Waals surface area (Å²) < 4.78 is 12.7. The van der Waals surface area contributed by atoms with Crippen LogP contribution in [0.4, 0.5) is 0 Å². The van der Waals surface area contributed by atoms with Crippen molar-refractivity contribution in [2.24, 2.45) is 5.73 Å². The largest absolute Gasteiger partial charge is 0.489 e. The van der Waals surface area contributed by atoms with Crippen LogP contribution in [0, 0.1) is 13.8 Å². The highest BCUT2D eigenvalue weighted by molar-refractivity contribution is 5.84. The van der Waals surface area contributed by atoms with Crippen molar-refractivity contribution in [3.63, 3.8) is 0 Å². The van der Waals surface area contributed by atoms with E-state index in [4.69, 9.17) is 15.2 Å². The number of fused-ring (bicyclic) bond motifs is 1. The molecule has 5 aromatic rings. The first kappa shape index (κ1) is 30.7. The lowest BCUT2D eigenvalue weighted by molar-refractivity contribution is -0.138. The lowest BCUT2D eigenvalue weighted by atomic mass is 10.0. The monoisotopic (exact) mass is 589 g/mol. The fourth-order valence-corrected chi connectivity index (χ4v) is 5.32. The van der Waals surface area contributed by atoms with Gasteiger partial charge in [-0.1, -0.05) is 83.9 Å². The fraction of sp³-hybridized carbons (Fsp3) is 0.243. The molecule has 0 spiro atoms. The quantitative estimate of drug-likeness (QED) is 0.147. The molecule has 4 aromatic carbocycles. The van der Waals surface area contributed by atoms with Crippen molar-refractivity contribution in [3.8, 4) is 11.5 Å². The van der Waals surface area contributed by atoms with E-state index in [1.807, 2.05) is 48.5 Å². The van der Waals surface area contributed by atoms with Gasteiger partial charge in [-0.25, -0.2) is 0 Å². The Labute approximate surface area is 258 Å². The Morgan fingerprint density at radius 1 is 0.818 bits per heavy atom. The van der Waals surface area contributed by atoms with Crippen LogP contribution in [0.25, 0.3) is 10.9 Å². The maximum absolute atomic E-state index is 11.6. The minimum Gasteiger partial charge on any atom is -0.489 e. The molecule has 0 aliphatic carbocycles. The molecule has 226 valence electrons. The van der Waals surface area contributed by atoms with E-state index in [1.165, 1.54) is 11.1 Å². The number of carboxylic acids is 1. The minimum atomic E-state index is -1.01. The Morgan fingerprint density at radius 2 is 1.50 bits per heavy atom. The number of nitrogens with zero attached hydrogens (tertiary/aromatic N) is 2. The van der Waals surface area contributed by atoms with Crippen molar-refractivity contribution in [2.75, 3.05) is 6.54 Å². The molecular weight excluding hydrogens is 550 g/mol. The summed E-state index contributed by atoms with van der Waals surface area (Å²) >= 11 is 0. The molecule has 0 fully saturated rings. The number of aromatic nitrogens is 1. The summed E-state index contributed by atoms with van der Waals surface area (Å²) in [4.78, 5) is 18.4. The molecule has 0 saturated carbocycles. The van der Waals surface area contributed by atoms with Crippen molar-refractivity contribution >= 4 is 16.9 Å². The van der Waals surface area contributed by atoms with Gasteiger partial charge in [0.05, 0.1) is 5.52 Å². The number of ether oxygens (including phenoxy) is 2. The lowest BCUT2D eigenvalue weighted by Crippen LogP contribution is -2.35. The molecule has 1 atom stereocenters. The summed E-state index contributed by atoms with van der Waals surface area (Å²) in [6.07, 6.45) is 2.08. The number of hydrogen-bond acceptors (Lipinski definition) is 6. The second kappa shape index (κ2) is 14.6. The molecule has 1 aromatic heterocycles. The number of pyridine rings is 1. The predicted molar refractivity (Wildman–Crippen MR) is 174 cm³/mol. The number of aliphatic carboxylic acids is 1. The summed E-state index contributed by atoms with van der Waals surface area (Å²) in [5.74, 6) is 0.545. The van der Waals surface area contributed by atoms with Crippen LogP contribution in [0.2, 0.25) is 0 Å². The summed E-state index contributed by atoms with van der Waals surface area (Å²) in [7, 11) is 0. The molecule has 0 unspecified atom stereocenters. The smallest absolute Gasteiger partial charge is 0.320 e. The lowest BCUT2D eigenvalue weighted by Gasteiger charge is -2.26. The van der Waals surface area contributed by atoms with Crippen LogP contribution in [-0.2, 0) is 31.1 Å². The average Bonchev–Trinajstić information content (AvgIpc) is 3.02. The zero-order valence-corrected chi connectivity index (χ0v) is 25.3. The normalized spacial score (nSPS) is 11.9. The Balaban J connectivity index is 1.43. The van der Waals surface area contributed by atoms with Gasteiger partial charge < -0.3 is 20.3 Å². The molecule has 0 aliphatic heterocycles. The van der Waals surface area contributed by atoms with Crippen LogP contribution >= 0.6 is 0 Å². The van der Waals surface area contributed by atoms with Crippen LogP contribution in [0.1, 0.15) is 39.8 Å². The third-order valence-electron chi connectivity index (χ3n) is 7.63. The molecule has 44 heavy (non-hydrogen) atoms. The Kier molecular flexibility index (Phi) is 10.2. The van der Waals surface area contributed by atoms with E-state index < -0.39 is 12.0 Å². The van der Waals surface area contributed by atoms with E-state index in [-0.39, 0.29) is 0 Å². The first-order valence-corrected chi connectivity index (χ1v) is 14.9. The van der Waals surface area contributed by atoms with E-state index in [1.54, 1.807) is 6.20 Å². The number of para-hydroxylation sites is 1. The Bertz CT molecular complexity index is 1720. The van der Waals surface area contributed by atoms with Crippen LogP contribution in [0.15, 0.2) is 103 Å². The Morgan fingerprint density at radius 3 is 2.18 bits per heavy atom. The van der Waals surface area contributed by atoms with Crippen LogP contribution in [0.3, 0.4) is 0 Å². The van der Waals surface area contributed by atoms with Crippen LogP contribution in [-0.4, -0.2) is 33.5 Å². The Hall–Kier alpha value is -4.72. The van der Waals surface area contributed by atoms with Gasteiger partial charge in [-0.05, 0) is 55.7 Å². The third-order valence-corrected chi connectivity index (χ3v) is 7.63. The van der Waals surface area contributed by atoms with Gasteiger partial charge in [-0.2, -0.15) is 0 Å². The van der Waals surface area contributed by atoms with Crippen molar-refractivity contribution in [1.29, 1.82) is 0 Å². The van der Waals surface area contributed by atoms with Gasteiger partial charge in [0.15, 0.2) is 0 Å². The van der Waals surface area contributed by atoms with Gasteiger partial charge >= 0.3 is 5.97 Å². The molecule has 0 aliphatic rings. The average molecular weight is 590 g/mol. The van der Waals surface area contributed by atoms with Crippen LogP contribution < -0.4 is 15.2 Å². The number of aryl methyl sites for hydroxylation is 2. The van der Waals surface area contributed by atoms with Crippen molar-refractivity contribution in [1.82, 2.24) is 9.88 Å². The third kappa shape index (κ3) is 8.22. The SMILES string of the molecule is Cc1cccc(COc2ccccc2CN(CC[C@H](N)C(=O)O)Cc2c(OCc3cccc(C)c3)ccc3ncccc23)c1. The van der Waals surface area contributed by atoms with Gasteiger partial charge in [-0.15, -0.1) is 0 Å². The maximum atomic E-state index is 11.6. The molecule has 5 rings (SSSR count). The van der Waals surface area contributed by atoms with Crippen molar-refractivity contribution < 1.29 is 19.4 Å². The topological polar surface area (TPSA) is 97.9 Å². The predicted octanol–water partition coefficient (Wildman–Crippen LogP) is 6.81. The first-order chi connectivity index (χ1) is 21.4. The second-order valence-corrected chi connectivity index (χ2v) is 11.2. The number of carboxylic acid groups (broad SMARTS) is 1. The molecule has 0 bridgehead atoms. The highest BCUT2D eigenvalue weighted by Crippen LogP contribution is 2.31. The molecule has 7 heteroatoms.